The summed E-state index contributed by atoms with van der Waals surface area (Å²) < 4.78 is 6.48. The van der Waals surface area contributed by atoms with Gasteiger partial charge >= 0.3 is 5.97 Å². The Morgan fingerprint density at radius 2 is 2.17 bits per heavy atom. The van der Waals surface area contributed by atoms with Crippen molar-refractivity contribution in [1.82, 2.24) is 20.2 Å². The molecular formula is C11H12N4O3. The van der Waals surface area contributed by atoms with E-state index in [-0.39, 0.29) is 6.42 Å². The van der Waals surface area contributed by atoms with E-state index in [0.29, 0.717) is 5.75 Å². The summed E-state index contributed by atoms with van der Waals surface area (Å²) in [4.78, 5) is 10.9. The standard InChI is InChI=1S/C11H12N4O3/c1-18-9-4-2-8(3-5-9)10(6-11(16)17)15-7-12-13-14-15/h2-5,7,10H,6H2,1H3,(H,16,17)/t10-/m1/s1. The lowest BCUT2D eigenvalue weighted by atomic mass is 10.0. The number of benzene rings is 1. The second-order valence-electron chi connectivity index (χ2n) is 3.68. The van der Waals surface area contributed by atoms with Gasteiger partial charge in [-0.3, -0.25) is 4.79 Å². The monoisotopic (exact) mass is 248 g/mol. The summed E-state index contributed by atoms with van der Waals surface area (Å²) in [6, 6.07) is 6.72. The summed E-state index contributed by atoms with van der Waals surface area (Å²) >= 11 is 0. The van der Waals surface area contributed by atoms with Gasteiger partial charge < -0.3 is 9.84 Å². The van der Waals surface area contributed by atoms with Gasteiger partial charge in [-0.05, 0) is 28.1 Å². The molecule has 7 heteroatoms. The van der Waals surface area contributed by atoms with E-state index >= 15 is 0 Å². The Kier molecular flexibility index (Phi) is 3.52. The first kappa shape index (κ1) is 12.0. The van der Waals surface area contributed by atoms with Crippen LogP contribution in [-0.2, 0) is 4.79 Å². The third-order valence-corrected chi connectivity index (χ3v) is 2.55. The number of carboxylic acid groups (broad SMARTS) is 1. The fraction of sp³-hybridized carbons (Fsp3) is 0.273. The summed E-state index contributed by atoms with van der Waals surface area (Å²) in [5, 5.41) is 19.7. The van der Waals surface area contributed by atoms with Crippen molar-refractivity contribution in [2.45, 2.75) is 12.5 Å². The molecule has 2 aromatic rings. The van der Waals surface area contributed by atoms with Gasteiger partial charge in [0.1, 0.15) is 12.1 Å². The molecule has 0 saturated heterocycles. The highest BCUT2D eigenvalue weighted by Gasteiger charge is 2.18. The Hall–Kier alpha value is -2.44. The van der Waals surface area contributed by atoms with E-state index < -0.39 is 12.0 Å². The van der Waals surface area contributed by atoms with E-state index in [9.17, 15) is 4.79 Å². The minimum absolute atomic E-state index is 0.0859. The van der Waals surface area contributed by atoms with Gasteiger partial charge in [0.25, 0.3) is 0 Å². The van der Waals surface area contributed by atoms with Crippen molar-refractivity contribution >= 4 is 5.97 Å². The molecule has 0 aliphatic carbocycles. The number of methoxy groups -OCH3 is 1. The fourth-order valence-corrected chi connectivity index (χ4v) is 1.67. The highest BCUT2D eigenvalue weighted by atomic mass is 16.5. The summed E-state index contributed by atoms with van der Waals surface area (Å²) in [6.07, 6.45) is 1.31. The van der Waals surface area contributed by atoms with Crippen LogP contribution in [0.1, 0.15) is 18.0 Å². The Morgan fingerprint density at radius 1 is 1.44 bits per heavy atom. The highest BCUT2D eigenvalue weighted by Crippen LogP contribution is 2.23. The van der Waals surface area contributed by atoms with Crippen LogP contribution >= 0.6 is 0 Å². The molecule has 1 atom stereocenters. The zero-order chi connectivity index (χ0) is 13.0. The number of aliphatic carboxylic acids is 1. The maximum Gasteiger partial charge on any atom is 0.305 e. The average Bonchev–Trinajstić information content (AvgIpc) is 2.89. The molecular weight excluding hydrogens is 236 g/mol. The van der Waals surface area contributed by atoms with E-state index in [0.717, 1.165) is 5.56 Å². The van der Waals surface area contributed by atoms with Crippen molar-refractivity contribution in [3.8, 4) is 5.75 Å². The van der Waals surface area contributed by atoms with Crippen molar-refractivity contribution in [3.05, 3.63) is 36.2 Å². The second-order valence-corrected chi connectivity index (χ2v) is 3.68. The van der Waals surface area contributed by atoms with E-state index in [1.54, 1.807) is 31.4 Å². The lowest BCUT2D eigenvalue weighted by Crippen LogP contribution is -2.15. The van der Waals surface area contributed by atoms with Crippen molar-refractivity contribution in [1.29, 1.82) is 0 Å². The average molecular weight is 248 g/mol. The largest absolute Gasteiger partial charge is 0.497 e. The van der Waals surface area contributed by atoms with Crippen molar-refractivity contribution < 1.29 is 14.6 Å². The molecule has 0 unspecified atom stereocenters. The number of carboxylic acids is 1. The number of tetrazole rings is 1. The maximum atomic E-state index is 10.9. The molecule has 0 radical (unpaired) electrons. The molecule has 94 valence electrons. The third kappa shape index (κ3) is 2.62. The van der Waals surface area contributed by atoms with E-state index in [2.05, 4.69) is 15.5 Å². The first-order valence-corrected chi connectivity index (χ1v) is 5.29. The van der Waals surface area contributed by atoms with Crippen molar-refractivity contribution in [3.63, 3.8) is 0 Å². The van der Waals surface area contributed by atoms with Gasteiger partial charge in [0.05, 0.1) is 19.6 Å². The molecule has 0 fully saturated rings. The molecule has 18 heavy (non-hydrogen) atoms. The van der Waals surface area contributed by atoms with Crippen LogP contribution in [0.2, 0.25) is 0 Å². The van der Waals surface area contributed by atoms with E-state index in [4.69, 9.17) is 9.84 Å². The Labute approximate surface area is 103 Å². The Morgan fingerprint density at radius 3 is 2.67 bits per heavy atom. The number of hydrogen-bond donors (Lipinski definition) is 1. The number of rotatable bonds is 5. The third-order valence-electron chi connectivity index (χ3n) is 2.55. The normalized spacial score (nSPS) is 12.1. The molecule has 2 rings (SSSR count). The summed E-state index contributed by atoms with van der Waals surface area (Å²) in [7, 11) is 1.57. The highest BCUT2D eigenvalue weighted by molar-refractivity contribution is 5.68. The van der Waals surface area contributed by atoms with Gasteiger partial charge in [0.15, 0.2) is 0 Å². The van der Waals surface area contributed by atoms with Crippen LogP contribution in [-0.4, -0.2) is 38.4 Å². The number of carbonyl (C=O) groups is 1. The molecule has 0 amide bonds. The molecule has 0 aliphatic rings. The van der Waals surface area contributed by atoms with Gasteiger partial charge in [0.2, 0.25) is 0 Å². The number of aromatic nitrogens is 4. The van der Waals surface area contributed by atoms with Crippen LogP contribution in [0.15, 0.2) is 30.6 Å². The van der Waals surface area contributed by atoms with Crippen molar-refractivity contribution in [2.75, 3.05) is 7.11 Å². The number of nitrogens with zero attached hydrogens (tertiary/aromatic N) is 4. The predicted octanol–water partition coefficient (Wildman–Crippen LogP) is 0.746. The molecule has 1 heterocycles. The number of ether oxygens (including phenoxy) is 1. The molecule has 0 aliphatic heterocycles. The van der Waals surface area contributed by atoms with Crippen LogP contribution < -0.4 is 4.74 Å². The maximum absolute atomic E-state index is 10.9. The smallest absolute Gasteiger partial charge is 0.305 e. The zero-order valence-electron chi connectivity index (χ0n) is 9.72. The van der Waals surface area contributed by atoms with Gasteiger partial charge in [-0.1, -0.05) is 12.1 Å². The lowest BCUT2D eigenvalue weighted by molar-refractivity contribution is -0.137. The molecule has 1 aromatic carbocycles. The minimum atomic E-state index is -0.911. The van der Waals surface area contributed by atoms with Gasteiger partial charge in [-0.25, -0.2) is 4.68 Å². The quantitative estimate of drug-likeness (QED) is 0.839. The summed E-state index contributed by atoms with van der Waals surface area (Å²) in [5.74, 6) is -0.198. The van der Waals surface area contributed by atoms with Crippen LogP contribution in [0.3, 0.4) is 0 Å². The van der Waals surface area contributed by atoms with Gasteiger partial charge in [0, 0.05) is 0 Å². The minimum Gasteiger partial charge on any atom is -0.497 e. The Balaban J connectivity index is 2.30. The fourth-order valence-electron chi connectivity index (χ4n) is 1.67. The predicted molar refractivity (Wildman–Crippen MR) is 61.2 cm³/mol. The van der Waals surface area contributed by atoms with E-state index in [1.165, 1.54) is 11.0 Å². The first-order chi connectivity index (χ1) is 8.70. The summed E-state index contributed by atoms with van der Waals surface area (Å²) in [6.45, 7) is 0. The van der Waals surface area contributed by atoms with Crippen LogP contribution in [0.4, 0.5) is 0 Å². The topological polar surface area (TPSA) is 90.1 Å². The van der Waals surface area contributed by atoms with Crippen molar-refractivity contribution in [2.24, 2.45) is 0 Å². The molecule has 0 spiro atoms. The van der Waals surface area contributed by atoms with Crippen LogP contribution in [0, 0.1) is 0 Å². The SMILES string of the molecule is COc1ccc([C@@H](CC(=O)O)n2cnnn2)cc1. The molecule has 0 bridgehead atoms. The van der Waals surface area contributed by atoms with Crippen LogP contribution in [0.25, 0.3) is 0 Å². The lowest BCUT2D eigenvalue weighted by Gasteiger charge is -2.14. The molecule has 1 N–H and O–H groups in total. The van der Waals surface area contributed by atoms with E-state index in [1.807, 2.05) is 0 Å². The second kappa shape index (κ2) is 5.26. The zero-order valence-corrected chi connectivity index (χ0v) is 9.72. The number of hydrogen-bond acceptors (Lipinski definition) is 5. The van der Waals surface area contributed by atoms with Gasteiger partial charge in [-0.2, -0.15) is 0 Å². The van der Waals surface area contributed by atoms with Crippen LogP contribution in [0.5, 0.6) is 5.75 Å². The Bertz CT molecular complexity index is 510. The van der Waals surface area contributed by atoms with Gasteiger partial charge in [-0.15, -0.1) is 5.10 Å². The molecule has 1 aromatic heterocycles. The molecule has 7 nitrogen and oxygen atoms in total. The molecule has 0 saturated carbocycles. The summed E-state index contributed by atoms with van der Waals surface area (Å²) in [5.41, 5.74) is 0.811. The first-order valence-electron chi connectivity index (χ1n) is 5.29.